The molecule has 2 nitrogen and oxygen atoms in total. The van der Waals surface area contributed by atoms with E-state index in [4.69, 9.17) is 0 Å². The van der Waals surface area contributed by atoms with Crippen molar-refractivity contribution in [3.63, 3.8) is 0 Å². The standard InChI is InChI=1S/C23H30N2/c1-3-7-19(8-4-1)12-15-24-22-17-21-11-14-23(22,18-21)25-16-13-20-9-5-2-6-10-20/h1-10,21-22,24-25H,11-18H2. The maximum Gasteiger partial charge on any atom is 0.0338 e. The normalized spacial score (nSPS) is 27.7. The summed E-state index contributed by atoms with van der Waals surface area (Å²) in [4.78, 5) is 0. The molecule has 2 fully saturated rings. The molecule has 0 heterocycles. The Kier molecular flexibility index (Phi) is 5.19. The van der Waals surface area contributed by atoms with Crippen molar-refractivity contribution in [1.29, 1.82) is 0 Å². The van der Waals surface area contributed by atoms with Gasteiger partial charge in [-0.2, -0.15) is 0 Å². The van der Waals surface area contributed by atoms with Crippen molar-refractivity contribution >= 4 is 0 Å². The smallest absolute Gasteiger partial charge is 0.0338 e. The lowest BCUT2D eigenvalue weighted by Crippen LogP contribution is -2.57. The minimum atomic E-state index is 0.343. The molecule has 132 valence electrons. The Hall–Kier alpha value is -1.64. The topological polar surface area (TPSA) is 24.1 Å². The first-order chi connectivity index (χ1) is 12.3. The second kappa shape index (κ2) is 7.72. The average molecular weight is 335 g/mol. The predicted octanol–water partition coefficient (Wildman–Crippen LogP) is 3.96. The zero-order valence-electron chi connectivity index (χ0n) is 15.1. The molecule has 0 aromatic heterocycles. The quantitative estimate of drug-likeness (QED) is 0.763. The van der Waals surface area contributed by atoms with E-state index in [1.54, 1.807) is 0 Å². The van der Waals surface area contributed by atoms with Crippen LogP contribution in [0, 0.1) is 5.92 Å². The van der Waals surface area contributed by atoms with Crippen LogP contribution in [0.3, 0.4) is 0 Å². The van der Waals surface area contributed by atoms with Crippen LogP contribution in [0.4, 0.5) is 0 Å². The summed E-state index contributed by atoms with van der Waals surface area (Å²) in [5.74, 6) is 0.929. The van der Waals surface area contributed by atoms with Gasteiger partial charge in [-0.3, -0.25) is 0 Å². The van der Waals surface area contributed by atoms with Crippen LogP contribution in [0.15, 0.2) is 60.7 Å². The van der Waals surface area contributed by atoms with E-state index in [9.17, 15) is 0 Å². The Labute approximate surface area is 152 Å². The Morgan fingerprint density at radius 1 is 0.840 bits per heavy atom. The molecule has 0 radical (unpaired) electrons. The molecule has 3 unspecified atom stereocenters. The highest BCUT2D eigenvalue weighted by atomic mass is 15.1. The number of rotatable bonds is 8. The van der Waals surface area contributed by atoms with Gasteiger partial charge in [-0.15, -0.1) is 0 Å². The van der Waals surface area contributed by atoms with E-state index < -0.39 is 0 Å². The lowest BCUT2D eigenvalue weighted by Gasteiger charge is -2.37. The summed E-state index contributed by atoms with van der Waals surface area (Å²) in [6.45, 7) is 2.18. The first-order valence-electron chi connectivity index (χ1n) is 9.90. The van der Waals surface area contributed by atoms with E-state index in [0.29, 0.717) is 11.6 Å². The van der Waals surface area contributed by atoms with Crippen LogP contribution in [0.25, 0.3) is 0 Å². The highest BCUT2D eigenvalue weighted by molar-refractivity contribution is 5.17. The first-order valence-corrected chi connectivity index (χ1v) is 9.90. The van der Waals surface area contributed by atoms with Crippen LogP contribution in [-0.4, -0.2) is 24.7 Å². The molecule has 2 aromatic carbocycles. The highest BCUT2D eigenvalue weighted by Crippen LogP contribution is 2.47. The Morgan fingerprint density at radius 2 is 1.48 bits per heavy atom. The van der Waals surface area contributed by atoms with Crippen LogP contribution in [0.5, 0.6) is 0 Å². The summed E-state index contributed by atoms with van der Waals surface area (Å²) < 4.78 is 0. The van der Waals surface area contributed by atoms with E-state index in [0.717, 1.165) is 31.8 Å². The van der Waals surface area contributed by atoms with Crippen LogP contribution in [0.1, 0.15) is 36.8 Å². The molecule has 3 atom stereocenters. The van der Waals surface area contributed by atoms with Crippen molar-refractivity contribution in [3.05, 3.63) is 71.8 Å². The van der Waals surface area contributed by atoms with Gasteiger partial charge in [0.05, 0.1) is 0 Å². The molecule has 2 aliphatic rings. The third-order valence-electron chi connectivity index (χ3n) is 6.27. The molecular formula is C23H30N2. The molecule has 2 bridgehead atoms. The molecule has 0 spiro atoms. The minimum Gasteiger partial charge on any atom is -0.312 e. The van der Waals surface area contributed by atoms with Gasteiger partial charge >= 0.3 is 0 Å². The van der Waals surface area contributed by atoms with Gasteiger partial charge in [-0.25, -0.2) is 0 Å². The van der Waals surface area contributed by atoms with Gasteiger partial charge in [0.25, 0.3) is 0 Å². The zero-order chi connectivity index (χ0) is 17.0. The summed E-state index contributed by atoms with van der Waals surface area (Å²) in [5, 5.41) is 7.86. The van der Waals surface area contributed by atoms with E-state index in [1.807, 2.05) is 0 Å². The summed E-state index contributed by atoms with van der Waals surface area (Å²) in [7, 11) is 0. The molecule has 2 aromatic rings. The second-order valence-corrected chi connectivity index (χ2v) is 7.91. The van der Waals surface area contributed by atoms with E-state index in [2.05, 4.69) is 71.3 Å². The summed E-state index contributed by atoms with van der Waals surface area (Å²) in [5.41, 5.74) is 3.22. The third-order valence-corrected chi connectivity index (χ3v) is 6.27. The largest absolute Gasteiger partial charge is 0.312 e. The molecule has 2 N–H and O–H groups in total. The maximum atomic E-state index is 3.97. The molecule has 0 amide bonds. The van der Waals surface area contributed by atoms with Gasteiger partial charge in [0.15, 0.2) is 0 Å². The fraction of sp³-hybridized carbons (Fsp3) is 0.478. The lowest BCUT2D eigenvalue weighted by atomic mass is 9.88. The van der Waals surface area contributed by atoms with Crippen LogP contribution in [0.2, 0.25) is 0 Å². The molecule has 25 heavy (non-hydrogen) atoms. The zero-order valence-corrected chi connectivity index (χ0v) is 15.1. The summed E-state index contributed by atoms with van der Waals surface area (Å²) >= 11 is 0. The molecule has 2 aliphatic carbocycles. The number of hydrogen-bond acceptors (Lipinski definition) is 2. The highest BCUT2D eigenvalue weighted by Gasteiger charge is 2.51. The maximum absolute atomic E-state index is 3.97. The molecule has 2 heteroatoms. The first kappa shape index (κ1) is 16.8. The summed E-state index contributed by atoms with van der Waals surface area (Å²) in [6.07, 6.45) is 7.73. The predicted molar refractivity (Wildman–Crippen MR) is 105 cm³/mol. The van der Waals surface area contributed by atoms with Crippen molar-refractivity contribution in [2.24, 2.45) is 5.92 Å². The van der Waals surface area contributed by atoms with Crippen molar-refractivity contribution < 1.29 is 0 Å². The van der Waals surface area contributed by atoms with Crippen LogP contribution >= 0.6 is 0 Å². The van der Waals surface area contributed by atoms with Crippen molar-refractivity contribution in [3.8, 4) is 0 Å². The fourth-order valence-electron chi connectivity index (χ4n) is 4.96. The van der Waals surface area contributed by atoms with Gasteiger partial charge in [-0.1, -0.05) is 60.7 Å². The number of fused-ring (bicyclic) bond motifs is 2. The van der Waals surface area contributed by atoms with Gasteiger partial charge in [0.1, 0.15) is 0 Å². The third kappa shape index (κ3) is 3.96. The van der Waals surface area contributed by atoms with Crippen LogP contribution in [-0.2, 0) is 12.8 Å². The van der Waals surface area contributed by atoms with Gasteiger partial charge in [-0.05, 0) is 68.7 Å². The van der Waals surface area contributed by atoms with Gasteiger partial charge in [0, 0.05) is 11.6 Å². The number of benzene rings is 2. The molecule has 2 saturated carbocycles. The Balaban J connectivity index is 1.29. The van der Waals surface area contributed by atoms with Crippen molar-refractivity contribution in [2.75, 3.05) is 13.1 Å². The number of nitrogens with one attached hydrogen (secondary N) is 2. The molecule has 0 aliphatic heterocycles. The van der Waals surface area contributed by atoms with Crippen LogP contribution < -0.4 is 10.6 Å². The minimum absolute atomic E-state index is 0.343. The summed E-state index contributed by atoms with van der Waals surface area (Å²) in [6, 6.07) is 22.3. The SMILES string of the molecule is c1ccc(CCNC2CC3CCC2(NCCc2ccccc2)C3)cc1. The van der Waals surface area contributed by atoms with Crippen molar-refractivity contribution in [1.82, 2.24) is 10.6 Å². The molecule has 0 saturated heterocycles. The monoisotopic (exact) mass is 334 g/mol. The van der Waals surface area contributed by atoms with E-state index in [-0.39, 0.29) is 0 Å². The van der Waals surface area contributed by atoms with Crippen molar-refractivity contribution in [2.45, 2.75) is 50.1 Å². The fourth-order valence-corrected chi connectivity index (χ4v) is 4.96. The lowest BCUT2D eigenvalue weighted by molar-refractivity contribution is 0.250. The Morgan fingerprint density at radius 3 is 2.12 bits per heavy atom. The van der Waals surface area contributed by atoms with E-state index in [1.165, 1.54) is 36.8 Å². The Bertz CT molecular complexity index is 654. The molecular weight excluding hydrogens is 304 g/mol. The number of hydrogen-bond donors (Lipinski definition) is 2. The molecule has 4 rings (SSSR count). The van der Waals surface area contributed by atoms with Gasteiger partial charge < -0.3 is 10.6 Å². The second-order valence-electron chi connectivity index (χ2n) is 7.91. The van der Waals surface area contributed by atoms with Gasteiger partial charge in [0.2, 0.25) is 0 Å². The average Bonchev–Trinajstić information content (AvgIpc) is 3.22. The van der Waals surface area contributed by atoms with E-state index >= 15 is 0 Å².